The molecule has 5 heteroatoms. The van der Waals surface area contributed by atoms with Crippen molar-refractivity contribution < 1.29 is 14.6 Å². The van der Waals surface area contributed by atoms with Crippen LogP contribution in [0.25, 0.3) is 16.9 Å². The van der Waals surface area contributed by atoms with Crippen molar-refractivity contribution in [3.05, 3.63) is 54.4 Å². The zero-order valence-electron chi connectivity index (χ0n) is 10.8. The average molecular weight is 268 g/mol. The van der Waals surface area contributed by atoms with Gasteiger partial charge in [-0.3, -0.25) is 0 Å². The second-order valence-corrected chi connectivity index (χ2v) is 4.32. The maximum Gasteiger partial charge on any atom is 0.339 e. The SMILES string of the molecule is COC(=O)c1ccc2nc(-c3ccccc3O)cn2c1. The van der Waals surface area contributed by atoms with E-state index in [9.17, 15) is 9.90 Å². The highest BCUT2D eigenvalue weighted by Crippen LogP contribution is 2.28. The van der Waals surface area contributed by atoms with Crippen LogP contribution in [0.5, 0.6) is 5.75 Å². The topological polar surface area (TPSA) is 63.8 Å². The summed E-state index contributed by atoms with van der Waals surface area (Å²) in [7, 11) is 1.34. The number of aromatic nitrogens is 2. The number of phenols is 1. The van der Waals surface area contributed by atoms with Crippen LogP contribution in [0.4, 0.5) is 0 Å². The molecule has 0 aliphatic carbocycles. The van der Waals surface area contributed by atoms with Crippen LogP contribution in [-0.4, -0.2) is 27.6 Å². The first kappa shape index (κ1) is 12.2. The summed E-state index contributed by atoms with van der Waals surface area (Å²) in [5.74, 6) is -0.228. The Morgan fingerprint density at radius 3 is 2.75 bits per heavy atom. The van der Waals surface area contributed by atoms with Crippen molar-refractivity contribution in [2.45, 2.75) is 0 Å². The van der Waals surface area contributed by atoms with Gasteiger partial charge in [-0.1, -0.05) is 12.1 Å². The van der Waals surface area contributed by atoms with E-state index in [2.05, 4.69) is 9.72 Å². The molecule has 0 unspecified atom stereocenters. The number of carbonyl (C=O) groups is 1. The van der Waals surface area contributed by atoms with E-state index in [-0.39, 0.29) is 5.75 Å². The lowest BCUT2D eigenvalue weighted by Crippen LogP contribution is -2.02. The summed E-state index contributed by atoms with van der Waals surface area (Å²) in [5, 5.41) is 9.85. The molecular formula is C15H12N2O3. The summed E-state index contributed by atoms with van der Waals surface area (Å²) >= 11 is 0. The number of carbonyl (C=O) groups excluding carboxylic acids is 1. The standard InChI is InChI=1S/C15H12N2O3/c1-20-15(19)10-6-7-14-16-12(9-17(14)8-10)11-4-2-3-5-13(11)18/h2-9,18H,1H3. The minimum absolute atomic E-state index is 0.170. The van der Waals surface area contributed by atoms with Crippen LogP contribution >= 0.6 is 0 Å². The van der Waals surface area contributed by atoms with Gasteiger partial charge in [0.25, 0.3) is 0 Å². The molecule has 0 saturated carbocycles. The van der Waals surface area contributed by atoms with Gasteiger partial charge in [0.2, 0.25) is 0 Å². The Morgan fingerprint density at radius 1 is 1.20 bits per heavy atom. The van der Waals surface area contributed by atoms with Crippen molar-refractivity contribution in [3.8, 4) is 17.0 Å². The van der Waals surface area contributed by atoms with E-state index in [1.807, 2.05) is 6.07 Å². The van der Waals surface area contributed by atoms with Crippen molar-refractivity contribution in [1.29, 1.82) is 0 Å². The Hall–Kier alpha value is -2.82. The van der Waals surface area contributed by atoms with Crippen molar-refractivity contribution in [3.63, 3.8) is 0 Å². The normalized spacial score (nSPS) is 10.7. The van der Waals surface area contributed by atoms with Crippen molar-refractivity contribution >= 4 is 11.6 Å². The summed E-state index contributed by atoms with van der Waals surface area (Å²) < 4.78 is 6.41. The molecule has 0 radical (unpaired) electrons. The lowest BCUT2D eigenvalue weighted by molar-refractivity contribution is 0.0600. The van der Waals surface area contributed by atoms with Crippen LogP contribution in [0.1, 0.15) is 10.4 Å². The Balaban J connectivity index is 2.12. The van der Waals surface area contributed by atoms with Crippen LogP contribution in [0.3, 0.4) is 0 Å². The monoisotopic (exact) mass is 268 g/mol. The van der Waals surface area contributed by atoms with Crippen LogP contribution in [0.15, 0.2) is 48.8 Å². The number of aromatic hydroxyl groups is 1. The van der Waals surface area contributed by atoms with E-state index < -0.39 is 5.97 Å². The highest BCUT2D eigenvalue weighted by atomic mass is 16.5. The first-order valence-corrected chi connectivity index (χ1v) is 6.04. The maximum atomic E-state index is 11.5. The Morgan fingerprint density at radius 2 is 2.00 bits per heavy atom. The molecule has 0 atom stereocenters. The number of imidazole rings is 1. The van der Waals surface area contributed by atoms with Gasteiger partial charge in [-0.05, 0) is 24.3 Å². The minimum atomic E-state index is -0.398. The summed E-state index contributed by atoms with van der Waals surface area (Å²) in [6, 6.07) is 10.4. The number of esters is 1. The fourth-order valence-corrected chi connectivity index (χ4v) is 2.05. The molecule has 0 aliphatic heterocycles. The van der Waals surface area contributed by atoms with E-state index >= 15 is 0 Å². The third kappa shape index (κ3) is 1.99. The largest absolute Gasteiger partial charge is 0.507 e. The van der Waals surface area contributed by atoms with Gasteiger partial charge in [0.05, 0.1) is 18.4 Å². The molecule has 0 fully saturated rings. The third-order valence-electron chi connectivity index (χ3n) is 3.05. The Kier molecular flexibility index (Phi) is 2.87. The van der Waals surface area contributed by atoms with E-state index in [0.29, 0.717) is 22.5 Å². The van der Waals surface area contributed by atoms with Crippen LogP contribution in [0, 0.1) is 0 Å². The number of para-hydroxylation sites is 1. The number of pyridine rings is 1. The molecule has 1 N–H and O–H groups in total. The number of fused-ring (bicyclic) bond motifs is 1. The molecule has 0 aliphatic rings. The van der Waals surface area contributed by atoms with E-state index in [4.69, 9.17) is 0 Å². The molecule has 3 rings (SSSR count). The van der Waals surface area contributed by atoms with Gasteiger partial charge < -0.3 is 14.2 Å². The molecule has 0 spiro atoms. The van der Waals surface area contributed by atoms with Crippen LogP contribution in [-0.2, 0) is 4.74 Å². The predicted molar refractivity (Wildman–Crippen MR) is 73.6 cm³/mol. The second kappa shape index (κ2) is 4.70. The Bertz CT molecular complexity index is 793. The van der Waals surface area contributed by atoms with Crippen molar-refractivity contribution in [1.82, 2.24) is 9.38 Å². The van der Waals surface area contributed by atoms with Crippen molar-refractivity contribution in [2.24, 2.45) is 0 Å². The number of ether oxygens (including phenoxy) is 1. The number of benzene rings is 1. The average Bonchev–Trinajstić information content (AvgIpc) is 2.89. The second-order valence-electron chi connectivity index (χ2n) is 4.32. The first-order valence-electron chi connectivity index (χ1n) is 6.04. The molecule has 3 aromatic rings. The number of phenolic OH excluding ortho intramolecular Hbond substituents is 1. The number of nitrogens with zero attached hydrogens (tertiary/aromatic N) is 2. The van der Waals surface area contributed by atoms with Crippen LogP contribution < -0.4 is 0 Å². The molecule has 2 heterocycles. The summed E-state index contributed by atoms with van der Waals surface area (Å²) in [6.07, 6.45) is 3.41. The molecule has 20 heavy (non-hydrogen) atoms. The molecule has 2 aromatic heterocycles. The number of hydrogen-bond acceptors (Lipinski definition) is 4. The third-order valence-corrected chi connectivity index (χ3v) is 3.05. The van der Waals surface area contributed by atoms with Crippen LogP contribution in [0.2, 0.25) is 0 Å². The number of methoxy groups -OCH3 is 1. The molecule has 1 aromatic carbocycles. The van der Waals surface area contributed by atoms with E-state index in [0.717, 1.165) is 0 Å². The van der Waals surface area contributed by atoms with Gasteiger partial charge >= 0.3 is 5.97 Å². The zero-order valence-corrected chi connectivity index (χ0v) is 10.8. The number of rotatable bonds is 2. The maximum absolute atomic E-state index is 11.5. The molecule has 0 saturated heterocycles. The molecule has 0 bridgehead atoms. The lowest BCUT2D eigenvalue weighted by atomic mass is 10.1. The summed E-state index contributed by atoms with van der Waals surface area (Å²) in [4.78, 5) is 15.9. The predicted octanol–water partition coefficient (Wildman–Crippen LogP) is 2.49. The lowest BCUT2D eigenvalue weighted by Gasteiger charge is -1.99. The van der Waals surface area contributed by atoms with Gasteiger partial charge in [0.15, 0.2) is 0 Å². The number of hydrogen-bond donors (Lipinski definition) is 1. The summed E-state index contributed by atoms with van der Waals surface area (Å²) in [5.41, 5.74) is 2.43. The van der Waals surface area contributed by atoms with Gasteiger partial charge in [0, 0.05) is 18.0 Å². The smallest absolute Gasteiger partial charge is 0.339 e. The molecule has 5 nitrogen and oxygen atoms in total. The van der Waals surface area contributed by atoms with Gasteiger partial charge in [-0.2, -0.15) is 0 Å². The van der Waals surface area contributed by atoms with Gasteiger partial charge in [0.1, 0.15) is 11.4 Å². The summed E-state index contributed by atoms with van der Waals surface area (Å²) in [6.45, 7) is 0. The van der Waals surface area contributed by atoms with Crippen molar-refractivity contribution in [2.75, 3.05) is 7.11 Å². The first-order chi connectivity index (χ1) is 9.69. The zero-order chi connectivity index (χ0) is 14.1. The minimum Gasteiger partial charge on any atom is -0.507 e. The van der Waals surface area contributed by atoms with E-state index in [1.54, 1.807) is 47.1 Å². The fourth-order valence-electron chi connectivity index (χ4n) is 2.05. The molecule has 100 valence electrons. The quantitative estimate of drug-likeness (QED) is 0.725. The molecular weight excluding hydrogens is 256 g/mol. The van der Waals surface area contributed by atoms with Gasteiger partial charge in [-0.25, -0.2) is 9.78 Å². The molecule has 0 amide bonds. The Labute approximate surface area is 115 Å². The highest BCUT2D eigenvalue weighted by Gasteiger charge is 2.10. The van der Waals surface area contributed by atoms with Gasteiger partial charge in [-0.15, -0.1) is 0 Å². The fraction of sp³-hybridized carbons (Fsp3) is 0.0667. The van der Waals surface area contributed by atoms with E-state index in [1.165, 1.54) is 7.11 Å². The highest BCUT2D eigenvalue weighted by molar-refractivity contribution is 5.89.